The van der Waals surface area contributed by atoms with Gasteiger partial charge in [-0.3, -0.25) is 14.7 Å². The summed E-state index contributed by atoms with van der Waals surface area (Å²) in [5.74, 6) is -1.33. The van der Waals surface area contributed by atoms with Crippen LogP contribution in [0.25, 0.3) is 0 Å². The van der Waals surface area contributed by atoms with Crippen LogP contribution >= 0.6 is 19.2 Å². The Morgan fingerprint density at radius 3 is 2.34 bits per heavy atom. The van der Waals surface area contributed by atoms with Gasteiger partial charge in [0.2, 0.25) is 0 Å². The number of benzene rings is 2. The molecule has 0 saturated heterocycles. The lowest BCUT2D eigenvalue weighted by atomic mass is 10.1. The van der Waals surface area contributed by atoms with Gasteiger partial charge in [-0.1, -0.05) is 11.6 Å². The highest BCUT2D eigenvalue weighted by atomic mass is 35.5. The number of rotatable bonds is 12. The molecule has 0 aromatic heterocycles. The van der Waals surface area contributed by atoms with E-state index < -0.39 is 41.5 Å². The van der Waals surface area contributed by atoms with E-state index in [1.807, 2.05) is 0 Å². The van der Waals surface area contributed by atoms with Gasteiger partial charge in [-0.25, -0.2) is 4.79 Å². The first-order valence-corrected chi connectivity index (χ1v) is 11.8. The van der Waals surface area contributed by atoms with Crippen LogP contribution in [0, 0.1) is 10.1 Å². The summed E-state index contributed by atoms with van der Waals surface area (Å²) in [5.41, 5.74) is -2.03. The van der Waals surface area contributed by atoms with Gasteiger partial charge < -0.3 is 23.3 Å². The summed E-state index contributed by atoms with van der Waals surface area (Å²) in [4.78, 5) is 22.9. The molecule has 0 amide bonds. The Morgan fingerprint density at radius 1 is 1.09 bits per heavy atom. The zero-order valence-electron chi connectivity index (χ0n) is 18.4. The molecule has 0 radical (unpaired) electrons. The SMILES string of the molecule is COP(=O)(CCOCCOC(=O)c1cc(Oc2ccc(C(F)(F)F)cc2Cl)ccc1[N+](=O)[O-])OC. The summed E-state index contributed by atoms with van der Waals surface area (Å²) in [6, 6.07) is 5.52. The van der Waals surface area contributed by atoms with E-state index in [0.717, 1.165) is 30.3 Å². The van der Waals surface area contributed by atoms with Crippen molar-refractivity contribution in [2.75, 3.05) is 40.2 Å². The highest BCUT2D eigenvalue weighted by Crippen LogP contribution is 2.45. The lowest BCUT2D eigenvalue weighted by Crippen LogP contribution is -2.14. The van der Waals surface area contributed by atoms with Crippen molar-refractivity contribution in [3.63, 3.8) is 0 Å². The van der Waals surface area contributed by atoms with E-state index in [-0.39, 0.29) is 42.5 Å². The minimum absolute atomic E-state index is 0.0200. The average Bonchev–Trinajstić information content (AvgIpc) is 2.81. The second kappa shape index (κ2) is 12.3. The molecule has 2 aromatic carbocycles. The molecule has 0 fully saturated rings. The minimum Gasteiger partial charge on any atom is -0.459 e. The van der Waals surface area contributed by atoms with Crippen molar-refractivity contribution in [3.8, 4) is 11.5 Å². The number of nitrogens with zero attached hydrogens (tertiary/aromatic N) is 1. The monoisotopic (exact) mass is 541 g/mol. The molecule has 35 heavy (non-hydrogen) atoms. The van der Waals surface area contributed by atoms with Gasteiger partial charge in [-0.2, -0.15) is 13.2 Å². The fourth-order valence-corrected chi connectivity index (χ4v) is 3.68. The molecule has 2 rings (SSSR count). The largest absolute Gasteiger partial charge is 0.459 e. The van der Waals surface area contributed by atoms with E-state index in [1.54, 1.807) is 0 Å². The molecule has 15 heteroatoms. The van der Waals surface area contributed by atoms with Gasteiger partial charge in [0.1, 0.15) is 23.7 Å². The highest BCUT2D eigenvalue weighted by Gasteiger charge is 2.31. The second-order valence-corrected chi connectivity index (χ2v) is 9.44. The second-order valence-electron chi connectivity index (χ2n) is 6.63. The molecular weight excluding hydrogens is 522 g/mol. The molecular formula is C20H20ClF3NO9P. The standard InChI is InChI=1S/C20H20ClF3NO9P/c1-30-35(29,31-2)10-9-32-7-8-33-19(26)15-12-14(4-5-17(15)25(27)28)34-18-6-3-13(11-16(18)21)20(22,23)24/h3-6,11-12H,7-10H2,1-2H3. The molecule has 0 heterocycles. The summed E-state index contributed by atoms with van der Waals surface area (Å²) in [7, 11) is -0.801. The first-order chi connectivity index (χ1) is 16.4. The Balaban J connectivity index is 2.06. The van der Waals surface area contributed by atoms with Crippen molar-refractivity contribution in [2.45, 2.75) is 6.18 Å². The van der Waals surface area contributed by atoms with E-state index in [0.29, 0.717) is 6.07 Å². The number of hydrogen-bond donors (Lipinski definition) is 0. The number of nitro benzene ring substituents is 1. The zero-order valence-corrected chi connectivity index (χ0v) is 20.0. The van der Waals surface area contributed by atoms with Crippen LogP contribution in [0.2, 0.25) is 5.02 Å². The van der Waals surface area contributed by atoms with E-state index in [4.69, 9.17) is 34.9 Å². The third kappa shape index (κ3) is 8.18. The Kier molecular flexibility index (Phi) is 10.0. The Hall–Kier alpha value is -2.70. The normalized spacial score (nSPS) is 11.8. The zero-order chi connectivity index (χ0) is 26.2. The van der Waals surface area contributed by atoms with Crippen LogP contribution in [0.15, 0.2) is 36.4 Å². The molecule has 2 aromatic rings. The van der Waals surface area contributed by atoms with E-state index in [9.17, 15) is 32.6 Å². The predicted octanol–water partition coefficient (Wildman–Crippen LogP) is 5.72. The molecule has 0 atom stereocenters. The minimum atomic E-state index is -4.61. The van der Waals surface area contributed by atoms with Crippen molar-refractivity contribution in [1.82, 2.24) is 0 Å². The van der Waals surface area contributed by atoms with Crippen molar-refractivity contribution in [2.24, 2.45) is 0 Å². The average molecular weight is 542 g/mol. The van der Waals surface area contributed by atoms with Crippen LogP contribution in [0.4, 0.5) is 18.9 Å². The molecule has 0 aliphatic heterocycles. The van der Waals surface area contributed by atoms with Crippen molar-refractivity contribution in [1.29, 1.82) is 0 Å². The summed E-state index contributed by atoms with van der Waals surface area (Å²) in [5, 5.41) is 10.9. The van der Waals surface area contributed by atoms with Gasteiger partial charge >= 0.3 is 19.7 Å². The smallest absolute Gasteiger partial charge is 0.416 e. The van der Waals surface area contributed by atoms with E-state index >= 15 is 0 Å². The third-order valence-corrected chi connectivity index (χ3v) is 6.54. The first kappa shape index (κ1) is 28.5. The molecule has 0 spiro atoms. The van der Waals surface area contributed by atoms with Crippen molar-refractivity contribution < 1.29 is 50.7 Å². The van der Waals surface area contributed by atoms with E-state index in [2.05, 4.69) is 0 Å². The molecule has 0 N–H and O–H groups in total. The number of nitro groups is 1. The highest BCUT2D eigenvalue weighted by molar-refractivity contribution is 7.53. The first-order valence-electron chi connectivity index (χ1n) is 9.68. The maximum absolute atomic E-state index is 12.8. The number of halogens is 4. The van der Waals surface area contributed by atoms with Crippen LogP contribution in [0.5, 0.6) is 11.5 Å². The Bertz CT molecular complexity index is 1110. The molecule has 0 bridgehead atoms. The van der Waals surface area contributed by atoms with Gasteiger partial charge in [0.15, 0.2) is 0 Å². The van der Waals surface area contributed by atoms with Crippen molar-refractivity contribution in [3.05, 3.63) is 62.7 Å². The number of carbonyl (C=O) groups excluding carboxylic acids is 1. The van der Waals surface area contributed by atoms with Crippen molar-refractivity contribution >= 4 is 30.9 Å². The van der Waals surface area contributed by atoms with Gasteiger partial charge in [0, 0.05) is 26.4 Å². The Morgan fingerprint density at radius 2 is 1.77 bits per heavy atom. The van der Waals surface area contributed by atoms with Crippen LogP contribution in [0.1, 0.15) is 15.9 Å². The quantitative estimate of drug-likeness (QED) is 0.109. The number of ether oxygens (including phenoxy) is 3. The summed E-state index contributed by atoms with van der Waals surface area (Å²) >= 11 is 5.85. The van der Waals surface area contributed by atoms with Crippen LogP contribution in [-0.4, -0.2) is 51.1 Å². The number of hydrogen-bond acceptors (Lipinski definition) is 9. The lowest BCUT2D eigenvalue weighted by molar-refractivity contribution is -0.385. The molecule has 0 aliphatic rings. The molecule has 0 saturated carbocycles. The number of esters is 1. The van der Waals surface area contributed by atoms with Gasteiger partial charge in [-0.15, -0.1) is 0 Å². The van der Waals surface area contributed by atoms with Gasteiger partial charge in [0.05, 0.1) is 34.9 Å². The molecule has 0 unspecified atom stereocenters. The molecule has 10 nitrogen and oxygen atoms in total. The third-order valence-electron chi connectivity index (χ3n) is 4.40. The van der Waals surface area contributed by atoms with Gasteiger partial charge in [-0.05, 0) is 24.3 Å². The maximum Gasteiger partial charge on any atom is 0.416 e. The summed E-state index contributed by atoms with van der Waals surface area (Å²) in [6.07, 6.45) is -4.64. The molecule has 192 valence electrons. The van der Waals surface area contributed by atoms with Crippen LogP contribution in [-0.2, 0) is 29.3 Å². The Labute approximate surface area is 202 Å². The topological polar surface area (TPSA) is 123 Å². The lowest BCUT2D eigenvalue weighted by Gasteiger charge is -2.13. The van der Waals surface area contributed by atoms with Crippen LogP contribution < -0.4 is 4.74 Å². The predicted molar refractivity (Wildman–Crippen MR) is 117 cm³/mol. The van der Waals surface area contributed by atoms with Gasteiger partial charge in [0.25, 0.3) is 5.69 Å². The van der Waals surface area contributed by atoms with E-state index in [1.165, 1.54) is 14.2 Å². The number of alkyl halides is 3. The maximum atomic E-state index is 12.8. The summed E-state index contributed by atoms with van der Waals surface area (Å²) in [6.45, 7) is -0.408. The summed E-state index contributed by atoms with van der Waals surface area (Å²) < 4.78 is 75.3. The number of carbonyl (C=O) groups is 1. The fourth-order valence-electron chi connectivity index (χ4n) is 2.59. The molecule has 0 aliphatic carbocycles. The van der Waals surface area contributed by atoms with Crippen LogP contribution in [0.3, 0.4) is 0 Å². The fraction of sp³-hybridized carbons (Fsp3) is 0.350.